The van der Waals surface area contributed by atoms with Gasteiger partial charge in [0.15, 0.2) is 23.2 Å². The lowest BCUT2D eigenvalue weighted by molar-refractivity contribution is 0.217. The monoisotopic (exact) mass is 346 g/mol. The van der Waals surface area contributed by atoms with E-state index in [1.807, 2.05) is 0 Å². The normalized spacial score (nSPS) is 12.3. The Kier molecular flexibility index (Phi) is 4.35. The summed E-state index contributed by atoms with van der Waals surface area (Å²) in [6.45, 7) is 0. The Morgan fingerprint density at radius 3 is 2.40 bits per heavy atom. The number of hydrogen-bond donors (Lipinski definition) is 1. The Bertz CT molecular complexity index is 647. The molecule has 0 radical (unpaired) electrons. The van der Waals surface area contributed by atoms with E-state index >= 15 is 0 Å². The minimum absolute atomic E-state index is 0.0327. The first-order valence-electron chi connectivity index (χ1n) is 5.60. The number of halogens is 4. The smallest absolute Gasteiger partial charge is 0.173 e. The molecule has 0 amide bonds. The molecule has 0 aliphatic carbocycles. The zero-order chi connectivity index (χ0) is 14.9. The van der Waals surface area contributed by atoms with Crippen molar-refractivity contribution in [1.82, 2.24) is 0 Å². The van der Waals surface area contributed by atoms with Crippen LogP contribution in [0.3, 0.4) is 0 Å². The van der Waals surface area contributed by atoms with Gasteiger partial charge in [0.1, 0.15) is 6.10 Å². The first-order chi connectivity index (χ1) is 9.45. The molecule has 106 valence electrons. The maximum atomic E-state index is 13.6. The van der Waals surface area contributed by atoms with Gasteiger partial charge in [-0.1, -0.05) is 12.1 Å². The summed E-state index contributed by atoms with van der Waals surface area (Å²) < 4.78 is 44.6. The summed E-state index contributed by atoms with van der Waals surface area (Å²) in [6.07, 6.45) is -1.29. The predicted octanol–water partition coefficient (Wildman–Crippen LogP) is 3.96. The molecule has 20 heavy (non-hydrogen) atoms. The average Bonchev–Trinajstić information content (AvgIpc) is 2.44. The van der Waals surface area contributed by atoms with Gasteiger partial charge in [-0.2, -0.15) is 0 Å². The fourth-order valence-electron chi connectivity index (χ4n) is 1.78. The van der Waals surface area contributed by atoms with E-state index in [-0.39, 0.29) is 21.3 Å². The molecule has 2 rings (SSSR count). The van der Waals surface area contributed by atoms with Crippen LogP contribution in [0.5, 0.6) is 5.75 Å². The van der Waals surface area contributed by atoms with E-state index in [2.05, 4.69) is 15.9 Å². The molecule has 1 atom stereocenters. The summed E-state index contributed by atoms with van der Waals surface area (Å²) in [7, 11) is 1.32. The zero-order valence-electron chi connectivity index (χ0n) is 10.3. The number of rotatable bonds is 3. The largest absolute Gasteiger partial charge is 0.494 e. The number of aliphatic hydroxyl groups excluding tert-OH is 1. The first kappa shape index (κ1) is 14.9. The lowest BCUT2D eigenvalue weighted by Crippen LogP contribution is -2.04. The molecule has 0 spiro atoms. The quantitative estimate of drug-likeness (QED) is 0.852. The van der Waals surface area contributed by atoms with E-state index in [9.17, 15) is 18.3 Å². The van der Waals surface area contributed by atoms with Crippen molar-refractivity contribution in [1.29, 1.82) is 0 Å². The fraction of sp³-hybridized carbons (Fsp3) is 0.143. The summed E-state index contributed by atoms with van der Waals surface area (Å²) in [5.74, 6) is -2.75. The average molecular weight is 347 g/mol. The maximum Gasteiger partial charge on any atom is 0.173 e. The lowest BCUT2D eigenvalue weighted by Gasteiger charge is -2.15. The van der Waals surface area contributed by atoms with E-state index < -0.39 is 23.6 Å². The molecule has 6 heteroatoms. The molecular weight excluding hydrogens is 337 g/mol. The molecule has 0 heterocycles. The van der Waals surface area contributed by atoms with Crippen molar-refractivity contribution in [3.8, 4) is 5.75 Å². The van der Waals surface area contributed by atoms with Crippen molar-refractivity contribution in [2.24, 2.45) is 0 Å². The van der Waals surface area contributed by atoms with Crippen LogP contribution < -0.4 is 4.74 Å². The SMILES string of the molecule is COc1ccc(C(O)c2ccc(F)c(F)c2Br)cc1F. The molecule has 1 N–H and O–H groups in total. The number of ether oxygens (including phenoxy) is 1. The van der Waals surface area contributed by atoms with Gasteiger partial charge >= 0.3 is 0 Å². The highest BCUT2D eigenvalue weighted by molar-refractivity contribution is 9.10. The summed E-state index contributed by atoms with van der Waals surface area (Å²) in [6, 6.07) is 6.01. The van der Waals surface area contributed by atoms with E-state index in [1.165, 1.54) is 25.3 Å². The molecule has 0 aromatic heterocycles. The predicted molar refractivity (Wildman–Crippen MR) is 71.1 cm³/mol. The second kappa shape index (κ2) is 5.85. The van der Waals surface area contributed by atoms with Gasteiger partial charge in [0.25, 0.3) is 0 Å². The molecule has 0 aliphatic heterocycles. The van der Waals surface area contributed by atoms with Gasteiger partial charge in [-0.15, -0.1) is 0 Å². The van der Waals surface area contributed by atoms with Crippen LogP contribution in [0.4, 0.5) is 13.2 Å². The van der Waals surface area contributed by atoms with Crippen LogP contribution in [0, 0.1) is 17.5 Å². The van der Waals surface area contributed by atoms with Gasteiger partial charge in [-0.3, -0.25) is 0 Å². The third kappa shape index (κ3) is 2.66. The van der Waals surface area contributed by atoms with Crippen LogP contribution in [-0.4, -0.2) is 12.2 Å². The van der Waals surface area contributed by atoms with Crippen LogP contribution in [0.25, 0.3) is 0 Å². The molecule has 2 aromatic rings. The van der Waals surface area contributed by atoms with Crippen molar-refractivity contribution in [2.75, 3.05) is 7.11 Å². The summed E-state index contributed by atoms with van der Waals surface area (Å²) in [5, 5.41) is 10.1. The van der Waals surface area contributed by atoms with Gasteiger partial charge < -0.3 is 9.84 Å². The molecule has 1 unspecified atom stereocenters. The van der Waals surface area contributed by atoms with E-state index in [4.69, 9.17) is 4.74 Å². The number of hydrogen-bond acceptors (Lipinski definition) is 2. The van der Waals surface area contributed by atoms with E-state index in [0.29, 0.717) is 0 Å². The number of benzene rings is 2. The van der Waals surface area contributed by atoms with E-state index in [1.54, 1.807) is 0 Å². The van der Waals surface area contributed by atoms with Crippen LogP contribution >= 0.6 is 15.9 Å². The Labute approximate surface area is 121 Å². The van der Waals surface area contributed by atoms with Crippen LogP contribution in [0.2, 0.25) is 0 Å². The highest BCUT2D eigenvalue weighted by Gasteiger charge is 2.19. The van der Waals surface area contributed by atoms with Crippen molar-refractivity contribution < 1.29 is 23.0 Å². The van der Waals surface area contributed by atoms with Gasteiger partial charge in [0.05, 0.1) is 11.6 Å². The molecule has 2 nitrogen and oxygen atoms in total. The molecule has 0 saturated carbocycles. The minimum Gasteiger partial charge on any atom is -0.494 e. The maximum absolute atomic E-state index is 13.6. The fourth-order valence-corrected chi connectivity index (χ4v) is 2.32. The topological polar surface area (TPSA) is 29.5 Å². The molecule has 0 aliphatic rings. The third-order valence-corrected chi connectivity index (χ3v) is 3.66. The lowest BCUT2D eigenvalue weighted by atomic mass is 10.0. The van der Waals surface area contributed by atoms with E-state index in [0.717, 1.165) is 12.1 Å². The van der Waals surface area contributed by atoms with Gasteiger partial charge in [-0.05, 0) is 39.7 Å². The first-order valence-corrected chi connectivity index (χ1v) is 6.40. The Hall–Kier alpha value is -1.53. The Balaban J connectivity index is 2.44. The number of aliphatic hydroxyl groups is 1. The molecule has 2 aromatic carbocycles. The van der Waals surface area contributed by atoms with Gasteiger partial charge in [0, 0.05) is 5.56 Å². The minimum atomic E-state index is -1.29. The summed E-state index contributed by atoms with van der Waals surface area (Å²) in [5.41, 5.74) is 0.309. The second-order valence-electron chi connectivity index (χ2n) is 4.06. The molecule has 0 saturated heterocycles. The van der Waals surface area contributed by atoms with Crippen molar-refractivity contribution in [3.63, 3.8) is 0 Å². The Morgan fingerprint density at radius 1 is 1.10 bits per heavy atom. The van der Waals surface area contributed by atoms with Crippen molar-refractivity contribution in [2.45, 2.75) is 6.10 Å². The molecular formula is C14H10BrF3O2. The summed E-state index contributed by atoms with van der Waals surface area (Å²) >= 11 is 2.88. The molecule has 0 bridgehead atoms. The number of methoxy groups -OCH3 is 1. The standard InChI is InChI=1S/C14H10BrF3O2/c1-20-11-5-2-7(6-10(11)17)14(19)8-3-4-9(16)13(18)12(8)15/h2-6,14,19H,1H3. The van der Waals surface area contributed by atoms with Gasteiger partial charge in [-0.25, -0.2) is 13.2 Å². The van der Waals surface area contributed by atoms with Crippen LogP contribution in [0.1, 0.15) is 17.2 Å². The molecule has 0 fully saturated rings. The van der Waals surface area contributed by atoms with Crippen molar-refractivity contribution >= 4 is 15.9 Å². The zero-order valence-corrected chi connectivity index (χ0v) is 11.9. The summed E-state index contributed by atoms with van der Waals surface area (Å²) in [4.78, 5) is 0. The highest BCUT2D eigenvalue weighted by Crippen LogP contribution is 2.32. The van der Waals surface area contributed by atoms with Gasteiger partial charge in [0.2, 0.25) is 0 Å². The second-order valence-corrected chi connectivity index (χ2v) is 4.85. The van der Waals surface area contributed by atoms with Crippen LogP contribution in [0.15, 0.2) is 34.8 Å². The highest BCUT2D eigenvalue weighted by atomic mass is 79.9. The third-order valence-electron chi connectivity index (χ3n) is 2.85. The van der Waals surface area contributed by atoms with Crippen molar-refractivity contribution in [3.05, 3.63) is 63.4 Å². The Morgan fingerprint density at radius 2 is 1.80 bits per heavy atom. The van der Waals surface area contributed by atoms with Crippen LogP contribution in [-0.2, 0) is 0 Å².